The van der Waals surface area contributed by atoms with E-state index in [1.807, 2.05) is 0 Å². The van der Waals surface area contributed by atoms with E-state index in [4.69, 9.17) is 37.9 Å². The third-order valence-corrected chi connectivity index (χ3v) is 17.8. The molecular formula is C66H85NO17. The third-order valence-electron chi connectivity index (χ3n) is 17.8. The maximum absolute atomic E-state index is 15.5. The number of fused-ring (bicyclic) bond motifs is 5. The summed E-state index contributed by atoms with van der Waals surface area (Å²) in [5.74, 6) is -7.43. The molecule has 18 nitrogen and oxygen atoms in total. The fourth-order valence-electron chi connectivity index (χ4n) is 13.0. The number of rotatable bonds is 27. The molecule has 2 saturated heterocycles. The summed E-state index contributed by atoms with van der Waals surface area (Å²) < 4.78 is 47.9. The number of benzene rings is 3. The molecule has 4 N–H and O–H groups in total. The highest BCUT2D eigenvalue weighted by Crippen LogP contribution is 2.61. The molecule has 14 atom stereocenters. The van der Waals surface area contributed by atoms with Gasteiger partial charge in [-0.3, -0.25) is 14.4 Å². The minimum absolute atomic E-state index is 0.0171. The minimum Gasteiger partial charge on any atom is -0.455 e. The van der Waals surface area contributed by atoms with Gasteiger partial charge in [0.15, 0.2) is 18.2 Å². The quantitative estimate of drug-likeness (QED) is 0.0240. The van der Waals surface area contributed by atoms with E-state index >= 15 is 9.59 Å². The van der Waals surface area contributed by atoms with Crippen LogP contribution in [0.5, 0.6) is 0 Å². The molecule has 84 heavy (non-hydrogen) atoms. The minimum atomic E-state index is -2.39. The Morgan fingerprint density at radius 2 is 1.38 bits per heavy atom. The number of unbranched alkanes of at least 4 members (excludes halogenated alkanes) is 11. The summed E-state index contributed by atoms with van der Waals surface area (Å²) in [4.78, 5) is 86.3. The van der Waals surface area contributed by atoms with Gasteiger partial charge in [-0.15, -0.1) is 0 Å². The van der Waals surface area contributed by atoms with Crippen LogP contribution in [0.1, 0.15) is 170 Å². The summed E-state index contributed by atoms with van der Waals surface area (Å²) in [5.41, 5.74) is -5.71. The smallest absolute Gasteiger partial charge is 0.455 e. The van der Waals surface area contributed by atoms with Gasteiger partial charge < -0.3 is 58.5 Å². The zero-order valence-electron chi connectivity index (χ0n) is 49.2. The fraction of sp³-hybridized carbons (Fsp3) is 0.576. The van der Waals surface area contributed by atoms with Crippen molar-refractivity contribution in [1.82, 2.24) is 5.32 Å². The van der Waals surface area contributed by atoms with Crippen molar-refractivity contribution in [3.05, 3.63) is 131 Å². The maximum atomic E-state index is 15.5. The highest BCUT2D eigenvalue weighted by atomic mass is 16.8. The topological polar surface area (TPSA) is 249 Å². The number of ether oxygens (including phenoxy) is 8. The number of aliphatic hydroxyl groups is 3. The van der Waals surface area contributed by atoms with E-state index in [0.717, 1.165) is 51.9 Å². The van der Waals surface area contributed by atoms with E-state index in [1.165, 1.54) is 71.4 Å². The Morgan fingerprint density at radius 3 is 2.00 bits per heavy atom. The molecule has 3 aromatic rings. The second-order valence-electron chi connectivity index (χ2n) is 23.6. The van der Waals surface area contributed by atoms with Crippen LogP contribution in [0.2, 0.25) is 0 Å². The Kier molecular flexibility index (Phi) is 22.2. The molecule has 2 unspecified atom stereocenters. The van der Waals surface area contributed by atoms with Gasteiger partial charge in [0.05, 0.1) is 36.4 Å². The molecule has 2 heterocycles. The number of hydrogen-bond acceptors (Lipinski definition) is 17. The maximum Gasteiger partial charge on any atom is 0.509 e. The average molecular weight is 1160 g/mol. The number of hydrogen-bond donors (Lipinski definition) is 4. The molecule has 3 aliphatic carbocycles. The summed E-state index contributed by atoms with van der Waals surface area (Å²) >= 11 is 0. The average Bonchev–Trinajstić information content (AvgIpc) is 4.05. The van der Waals surface area contributed by atoms with Crippen LogP contribution in [0.3, 0.4) is 0 Å². The van der Waals surface area contributed by atoms with Gasteiger partial charge in [-0.25, -0.2) is 14.4 Å². The predicted molar refractivity (Wildman–Crippen MR) is 308 cm³/mol. The van der Waals surface area contributed by atoms with Gasteiger partial charge in [0.2, 0.25) is 6.10 Å². The molecule has 4 fully saturated rings. The molecule has 456 valence electrons. The van der Waals surface area contributed by atoms with E-state index < -0.39 is 126 Å². The number of aliphatic hydroxyl groups excluding tert-OH is 1. The monoisotopic (exact) mass is 1160 g/mol. The summed E-state index contributed by atoms with van der Waals surface area (Å²) in [6.45, 7) is 7.22. The molecular weight excluding hydrogens is 1080 g/mol. The van der Waals surface area contributed by atoms with Gasteiger partial charge >= 0.3 is 24.1 Å². The van der Waals surface area contributed by atoms with E-state index in [9.17, 15) is 34.5 Å². The van der Waals surface area contributed by atoms with Gasteiger partial charge in [-0.05, 0) is 93.3 Å². The van der Waals surface area contributed by atoms with Gasteiger partial charge in [0, 0.05) is 37.2 Å². The zero-order valence-corrected chi connectivity index (χ0v) is 49.2. The van der Waals surface area contributed by atoms with Crippen LogP contribution in [-0.4, -0.2) is 131 Å². The van der Waals surface area contributed by atoms with Crippen LogP contribution >= 0.6 is 0 Å². The highest BCUT2D eigenvalue weighted by molar-refractivity contribution is 5.96. The first-order chi connectivity index (χ1) is 40.4. The van der Waals surface area contributed by atoms with Crippen molar-refractivity contribution in [2.45, 2.75) is 204 Å². The first-order valence-corrected chi connectivity index (χ1v) is 30.2. The molecule has 8 rings (SSSR count). The van der Waals surface area contributed by atoms with Crippen LogP contribution in [0.4, 0.5) is 4.79 Å². The van der Waals surface area contributed by atoms with Crippen molar-refractivity contribution < 1.29 is 82.0 Å². The van der Waals surface area contributed by atoms with E-state index in [-0.39, 0.29) is 48.5 Å². The molecule has 5 aliphatic rings. The van der Waals surface area contributed by atoms with Gasteiger partial charge in [-0.1, -0.05) is 144 Å². The SMILES string of the molecule is CCCCCCCC/C=C\CCCCCCCC1OC[C@@H](COC(=O)O[C@@H](C(=O)O[C@H]2C[C@]3(O)C(C)C(=C2C)[C@@H](OC(C)=O)C(=O)[C@@]2(C)[C@H]([C@@H]3OC(=O)c3ccccc3)[C@]3(O)CO[C@@H]3C[C@@H]2O)[C@@H](NC(=O)c2ccccc2)c2ccccc2)O1. The van der Waals surface area contributed by atoms with Gasteiger partial charge in [0.1, 0.15) is 42.2 Å². The van der Waals surface area contributed by atoms with Crippen molar-refractivity contribution in [3.63, 3.8) is 0 Å². The number of esters is 3. The molecule has 2 saturated carbocycles. The van der Waals surface area contributed by atoms with Crippen molar-refractivity contribution in [2.24, 2.45) is 17.3 Å². The van der Waals surface area contributed by atoms with Crippen LogP contribution in [0, 0.1) is 17.3 Å². The number of carbonyl (C=O) groups is 6. The largest absolute Gasteiger partial charge is 0.509 e. The standard InChI is InChI=1S/C66H85NO17/c1-6-7-8-9-10-11-12-13-14-15-16-17-18-19-29-36-52-77-39-48(81-52)40-78-63(74)83-56(54(45-30-23-20-24-31-45)67-60(71)46-32-25-21-26-33-46)62(73)82-49-38-65(75)43(3)53(42(49)2)55(80-44(4)68)58(70)64(5)50(69)37-51-66(76,41-79-51)57(64)59(65)84-61(72)47-34-27-22-28-35-47/h13-14,20-28,30-35,43,48-52,54-57,59,69,75-76H,6-12,15-19,29,36-41H2,1-5H3,(H,67,71)/b14-13-/t43?,48-,49-,50-,51+,52?,54-,55+,56+,57-,59-,64+,65-,66-/m0/s1. The van der Waals surface area contributed by atoms with Gasteiger partial charge in [0.25, 0.3) is 5.91 Å². The summed E-state index contributed by atoms with van der Waals surface area (Å²) in [7, 11) is 0. The summed E-state index contributed by atoms with van der Waals surface area (Å²) in [5, 5.41) is 41.2. The lowest BCUT2D eigenvalue weighted by molar-refractivity contribution is -0.340. The molecule has 18 heteroatoms. The lowest BCUT2D eigenvalue weighted by atomic mass is 9.47. The third kappa shape index (κ3) is 14.7. The number of nitrogens with one attached hydrogen (secondary N) is 1. The first-order valence-electron chi connectivity index (χ1n) is 30.2. The second-order valence-corrected chi connectivity index (χ2v) is 23.6. The van der Waals surface area contributed by atoms with Gasteiger partial charge in [-0.2, -0.15) is 0 Å². The van der Waals surface area contributed by atoms with Crippen LogP contribution in [-0.2, 0) is 52.3 Å². The molecule has 3 aromatic carbocycles. The Balaban J connectivity index is 1.02. The van der Waals surface area contributed by atoms with Crippen LogP contribution < -0.4 is 5.32 Å². The number of Topliss-reactive ketones (excluding diaryl/α,β-unsaturated/α-hetero) is 1. The number of amides is 1. The normalized spacial score (nSPS) is 29.7. The Labute approximate surface area is 492 Å². The first kappa shape index (κ1) is 63.7. The van der Waals surface area contributed by atoms with E-state index in [0.29, 0.717) is 12.0 Å². The fourth-order valence-corrected chi connectivity index (χ4v) is 13.0. The van der Waals surface area contributed by atoms with E-state index in [2.05, 4.69) is 24.4 Å². The van der Waals surface area contributed by atoms with Crippen LogP contribution in [0.25, 0.3) is 0 Å². The van der Waals surface area contributed by atoms with Crippen molar-refractivity contribution in [1.29, 1.82) is 0 Å². The predicted octanol–water partition coefficient (Wildman–Crippen LogP) is 9.71. The van der Waals surface area contributed by atoms with Crippen molar-refractivity contribution in [3.8, 4) is 0 Å². The number of carbonyl (C=O) groups excluding carboxylic acids is 6. The number of ketones is 1. The second kappa shape index (κ2) is 29.2. The molecule has 1 amide bonds. The Morgan fingerprint density at radius 1 is 0.774 bits per heavy atom. The molecule has 0 aromatic heterocycles. The lowest BCUT2D eigenvalue weighted by Gasteiger charge is -2.65. The van der Waals surface area contributed by atoms with E-state index in [1.54, 1.807) is 78.9 Å². The van der Waals surface area contributed by atoms with Crippen molar-refractivity contribution in [2.75, 3.05) is 19.8 Å². The molecule has 2 aliphatic heterocycles. The Bertz CT molecular complexity index is 2770. The highest BCUT2D eigenvalue weighted by Gasteiger charge is 2.75. The summed E-state index contributed by atoms with van der Waals surface area (Å²) in [6, 6.07) is 22.8. The molecule has 2 bridgehead atoms. The van der Waals surface area contributed by atoms with Crippen LogP contribution in [0.15, 0.2) is 114 Å². The number of allylic oxidation sites excluding steroid dienone is 2. The molecule has 0 radical (unpaired) electrons. The summed E-state index contributed by atoms with van der Waals surface area (Å²) in [6.07, 6.45) is 7.47. The van der Waals surface area contributed by atoms with Crippen molar-refractivity contribution >= 4 is 35.8 Å². The molecule has 0 spiro atoms. The lowest BCUT2D eigenvalue weighted by Crippen LogP contribution is -2.80. The Hall–Kier alpha value is -6.28. The zero-order chi connectivity index (χ0) is 60.0.